The first-order chi connectivity index (χ1) is 16.7. The second kappa shape index (κ2) is 21.4. The van der Waals surface area contributed by atoms with Gasteiger partial charge in [-0.3, -0.25) is 0 Å². The van der Waals surface area contributed by atoms with E-state index in [1.54, 1.807) is 0 Å². The third-order valence-electron chi connectivity index (χ3n) is 3.57. The zero-order valence-electron chi connectivity index (χ0n) is 20.4. The van der Waals surface area contributed by atoms with E-state index in [9.17, 15) is 19.2 Å². The predicted octanol–water partition coefficient (Wildman–Crippen LogP) is 0.727. The molecular formula is C22H36N2O11. The molecule has 0 bridgehead atoms. The standard InChI is InChI=1S/C22H36N2O11/c1-17(2)19(25)32-7-5-23-21(27)34-15-13-30-11-9-29-10-12-31-14-16-35-22(28)24-6-8-33-20(26)18(3)4/h1,3,5-16H2,2,4H3,(H,23,27)(H,24,28). The van der Waals surface area contributed by atoms with Crippen LogP contribution in [0.25, 0.3) is 0 Å². The molecule has 0 aliphatic rings. The Bertz CT molecular complexity index is 626. The molecular weight excluding hydrogens is 468 g/mol. The first-order valence-corrected chi connectivity index (χ1v) is 10.9. The number of esters is 2. The van der Waals surface area contributed by atoms with Crippen molar-refractivity contribution in [2.45, 2.75) is 13.8 Å². The maximum atomic E-state index is 11.4. The zero-order valence-corrected chi connectivity index (χ0v) is 20.4. The van der Waals surface area contributed by atoms with Crippen molar-refractivity contribution in [2.24, 2.45) is 0 Å². The molecule has 0 saturated carbocycles. The molecule has 13 nitrogen and oxygen atoms in total. The molecule has 0 spiro atoms. The number of alkyl carbamates (subject to hydrolysis) is 2. The summed E-state index contributed by atoms with van der Waals surface area (Å²) in [6, 6.07) is 0. The number of hydrogen-bond donors (Lipinski definition) is 2. The molecule has 0 rings (SSSR count). The molecule has 0 aliphatic carbocycles. The van der Waals surface area contributed by atoms with Crippen LogP contribution in [0.5, 0.6) is 0 Å². The molecule has 2 N–H and O–H groups in total. The minimum Gasteiger partial charge on any atom is -0.460 e. The van der Waals surface area contributed by atoms with Crippen LogP contribution in [0.4, 0.5) is 9.59 Å². The lowest BCUT2D eigenvalue weighted by Gasteiger charge is -2.09. The van der Waals surface area contributed by atoms with Gasteiger partial charge in [-0.05, 0) is 13.8 Å². The molecule has 0 radical (unpaired) electrons. The zero-order chi connectivity index (χ0) is 26.3. The quantitative estimate of drug-likeness (QED) is 0.104. The Morgan fingerprint density at radius 2 is 0.829 bits per heavy atom. The Morgan fingerprint density at radius 1 is 0.514 bits per heavy atom. The molecule has 0 aromatic heterocycles. The Kier molecular flexibility index (Phi) is 19.4. The lowest BCUT2D eigenvalue weighted by molar-refractivity contribution is -0.139. The lowest BCUT2D eigenvalue weighted by Crippen LogP contribution is -2.29. The van der Waals surface area contributed by atoms with Crippen molar-refractivity contribution in [2.75, 3.05) is 79.2 Å². The average Bonchev–Trinajstić information content (AvgIpc) is 2.81. The van der Waals surface area contributed by atoms with Crippen LogP contribution in [0, 0.1) is 0 Å². The van der Waals surface area contributed by atoms with Crippen molar-refractivity contribution in [1.82, 2.24) is 10.6 Å². The van der Waals surface area contributed by atoms with Crippen LogP contribution in [0.2, 0.25) is 0 Å². The minimum atomic E-state index is -0.640. The lowest BCUT2D eigenvalue weighted by atomic mass is 10.4. The first-order valence-electron chi connectivity index (χ1n) is 10.9. The van der Waals surface area contributed by atoms with E-state index in [1.807, 2.05) is 0 Å². The molecule has 0 aromatic carbocycles. The number of rotatable bonds is 20. The van der Waals surface area contributed by atoms with E-state index in [-0.39, 0.29) is 63.9 Å². The Balaban J connectivity index is 3.34. The highest BCUT2D eigenvalue weighted by atomic mass is 16.6. The summed E-state index contributed by atoms with van der Waals surface area (Å²) in [6.45, 7) is 12.1. The molecule has 0 aromatic rings. The van der Waals surface area contributed by atoms with Gasteiger partial charge in [0.2, 0.25) is 0 Å². The van der Waals surface area contributed by atoms with Crippen LogP contribution in [-0.4, -0.2) is 103 Å². The van der Waals surface area contributed by atoms with Gasteiger partial charge in [0.15, 0.2) is 0 Å². The summed E-state index contributed by atoms with van der Waals surface area (Å²) in [6.07, 6.45) is -1.28. The van der Waals surface area contributed by atoms with Gasteiger partial charge >= 0.3 is 24.1 Å². The van der Waals surface area contributed by atoms with Gasteiger partial charge in [-0.15, -0.1) is 0 Å². The number of amides is 2. The van der Waals surface area contributed by atoms with E-state index in [2.05, 4.69) is 23.8 Å². The molecule has 200 valence electrons. The third-order valence-corrected chi connectivity index (χ3v) is 3.57. The van der Waals surface area contributed by atoms with Crippen molar-refractivity contribution in [3.8, 4) is 0 Å². The van der Waals surface area contributed by atoms with Crippen molar-refractivity contribution in [3.63, 3.8) is 0 Å². The van der Waals surface area contributed by atoms with Crippen LogP contribution in [0.1, 0.15) is 13.8 Å². The summed E-state index contributed by atoms with van der Waals surface area (Å²) in [4.78, 5) is 45.1. The van der Waals surface area contributed by atoms with Gasteiger partial charge in [-0.1, -0.05) is 13.2 Å². The minimum absolute atomic E-state index is 0.0249. The van der Waals surface area contributed by atoms with E-state index >= 15 is 0 Å². The molecule has 0 unspecified atom stereocenters. The molecule has 0 aliphatic heterocycles. The van der Waals surface area contributed by atoms with Crippen LogP contribution >= 0.6 is 0 Å². The van der Waals surface area contributed by atoms with Crippen LogP contribution in [-0.2, 0) is 42.7 Å². The number of nitrogens with one attached hydrogen (secondary N) is 2. The van der Waals surface area contributed by atoms with Gasteiger partial charge in [0.1, 0.15) is 26.4 Å². The number of carbonyl (C=O) groups excluding carboxylic acids is 4. The maximum absolute atomic E-state index is 11.4. The third kappa shape index (κ3) is 21.1. The average molecular weight is 505 g/mol. The first kappa shape index (κ1) is 31.8. The van der Waals surface area contributed by atoms with Crippen LogP contribution in [0.15, 0.2) is 24.3 Å². The predicted molar refractivity (Wildman–Crippen MR) is 123 cm³/mol. The van der Waals surface area contributed by atoms with Gasteiger partial charge in [0.05, 0.1) is 52.7 Å². The fraction of sp³-hybridized carbons (Fsp3) is 0.636. The van der Waals surface area contributed by atoms with Crippen molar-refractivity contribution < 1.29 is 52.3 Å². The van der Waals surface area contributed by atoms with Gasteiger partial charge in [-0.2, -0.15) is 0 Å². The van der Waals surface area contributed by atoms with Crippen molar-refractivity contribution >= 4 is 24.1 Å². The van der Waals surface area contributed by atoms with E-state index in [0.717, 1.165) is 0 Å². The summed E-state index contributed by atoms with van der Waals surface area (Å²) in [7, 11) is 0. The van der Waals surface area contributed by atoms with E-state index in [1.165, 1.54) is 13.8 Å². The van der Waals surface area contributed by atoms with Crippen molar-refractivity contribution in [1.29, 1.82) is 0 Å². The van der Waals surface area contributed by atoms with Crippen molar-refractivity contribution in [3.05, 3.63) is 24.3 Å². The second-order valence-electron chi connectivity index (χ2n) is 6.80. The smallest absolute Gasteiger partial charge is 0.407 e. The summed E-state index contributed by atoms with van der Waals surface area (Å²) < 4.78 is 35.2. The molecule has 35 heavy (non-hydrogen) atoms. The van der Waals surface area contributed by atoms with Gasteiger partial charge < -0.3 is 43.8 Å². The molecule has 2 amide bonds. The van der Waals surface area contributed by atoms with Gasteiger partial charge in [0, 0.05) is 11.1 Å². The number of carbonyl (C=O) groups is 4. The van der Waals surface area contributed by atoms with Crippen LogP contribution in [0.3, 0.4) is 0 Å². The second-order valence-corrected chi connectivity index (χ2v) is 6.80. The summed E-state index contributed by atoms with van der Waals surface area (Å²) in [5, 5.41) is 4.86. The Hall–Kier alpha value is -3.16. The highest BCUT2D eigenvalue weighted by molar-refractivity contribution is 5.87. The maximum Gasteiger partial charge on any atom is 0.407 e. The topological polar surface area (TPSA) is 157 Å². The monoisotopic (exact) mass is 504 g/mol. The molecule has 13 heteroatoms. The number of ether oxygens (including phenoxy) is 7. The molecule has 0 heterocycles. The normalized spacial score (nSPS) is 10.1. The van der Waals surface area contributed by atoms with E-state index < -0.39 is 24.1 Å². The van der Waals surface area contributed by atoms with Gasteiger partial charge in [0.25, 0.3) is 0 Å². The Labute approximate surface area is 205 Å². The largest absolute Gasteiger partial charge is 0.460 e. The molecule has 0 fully saturated rings. The number of hydrogen-bond acceptors (Lipinski definition) is 11. The fourth-order valence-corrected chi connectivity index (χ4v) is 1.87. The highest BCUT2D eigenvalue weighted by Gasteiger charge is 2.06. The van der Waals surface area contributed by atoms with E-state index in [4.69, 9.17) is 33.2 Å². The Morgan fingerprint density at radius 3 is 1.14 bits per heavy atom. The van der Waals surface area contributed by atoms with Gasteiger partial charge in [-0.25, -0.2) is 19.2 Å². The summed E-state index contributed by atoms with van der Waals surface area (Å²) >= 11 is 0. The van der Waals surface area contributed by atoms with E-state index in [0.29, 0.717) is 26.4 Å². The highest BCUT2D eigenvalue weighted by Crippen LogP contribution is 1.92. The SMILES string of the molecule is C=C(C)C(=O)OCCNC(=O)OCCOCCOCCOCCOC(=O)NCCOC(=O)C(=C)C. The fourth-order valence-electron chi connectivity index (χ4n) is 1.87. The molecule has 0 saturated heterocycles. The molecule has 0 atom stereocenters. The summed E-state index contributed by atoms with van der Waals surface area (Å²) in [5.74, 6) is -1.04. The summed E-state index contributed by atoms with van der Waals surface area (Å²) in [5.41, 5.74) is 0.568. The van der Waals surface area contributed by atoms with Crippen LogP contribution < -0.4 is 10.6 Å².